The van der Waals surface area contributed by atoms with Crippen molar-refractivity contribution in [2.75, 3.05) is 18.4 Å². The molecule has 1 N–H and O–H groups in total. The third-order valence-corrected chi connectivity index (χ3v) is 7.44. The molecule has 1 saturated heterocycles. The molecule has 0 bridgehead atoms. The van der Waals surface area contributed by atoms with Crippen molar-refractivity contribution in [3.63, 3.8) is 0 Å². The predicted molar refractivity (Wildman–Crippen MR) is 138 cm³/mol. The van der Waals surface area contributed by atoms with Crippen LogP contribution >= 0.6 is 11.3 Å². The number of halogens is 3. The molecule has 2 atom stereocenters. The summed E-state index contributed by atoms with van der Waals surface area (Å²) >= 11 is 1.10. The van der Waals surface area contributed by atoms with Gasteiger partial charge in [-0.25, -0.2) is 4.98 Å². The molecule has 0 saturated carbocycles. The lowest BCUT2D eigenvalue weighted by Crippen LogP contribution is -2.50. The van der Waals surface area contributed by atoms with Crippen LogP contribution in [0, 0.1) is 0 Å². The van der Waals surface area contributed by atoms with Gasteiger partial charge < -0.3 is 10.1 Å². The molecule has 3 heterocycles. The molecule has 0 amide bonds. The van der Waals surface area contributed by atoms with E-state index in [1.165, 1.54) is 5.56 Å². The Morgan fingerprint density at radius 2 is 1.72 bits per heavy atom. The zero-order valence-corrected chi connectivity index (χ0v) is 20.6. The van der Waals surface area contributed by atoms with Gasteiger partial charge in [-0.3, -0.25) is 4.90 Å². The van der Waals surface area contributed by atoms with E-state index < -0.39 is 12.6 Å². The van der Waals surface area contributed by atoms with Gasteiger partial charge in [-0.2, -0.15) is 13.2 Å². The van der Waals surface area contributed by atoms with E-state index >= 15 is 0 Å². The second kappa shape index (κ2) is 11.0. The topological polar surface area (TPSA) is 37.4 Å². The summed E-state index contributed by atoms with van der Waals surface area (Å²) in [6.07, 6.45) is -2.75. The lowest BCUT2D eigenvalue weighted by Gasteiger charge is -2.39. The first-order valence-electron chi connectivity index (χ1n) is 12.1. The smallest absolute Gasteiger partial charge is 0.379 e. The van der Waals surface area contributed by atoms with Crippen molar-refractivity contribution in [2.45, 2.75) is 44.3 Å². The highest BCUT2D eigenvalue weighted by Gasteiger charge is 2.32. The summed E-state index contributed by atoms with van der Waals surface area (Å²) in [6.45, 7) is 3.01. The molecule has 4 nitrogen and oxygen atoms in total. The van der Waals surface area contributed by atoms with Crippen molar-refractivity contribution in [3.8, 4) is 0 Å². The Hall–Kier alpha value is -2.94. The molecular weight excluding hydrogens is 483 g/mol. The number of fused-ring (bicyclic) bond motifs is 1. The molecule has 1 aliphatic heterocycles. The highest BCUT2D eigenvalue weighted by molar-refractivity contribution is 7.18. The van der Waals surface area contributed by atoms with Gasteiger partial charge in [0.05, 0.1) is 25.2 Å². The van der Waals surface area contributed by atoms with Gasteiger partial charge in [0.1, 0.15) is 4.83 Å². The number of hydrogen-bond donors (Lipinski definition) is 1. The quantitative estimate of drug-likeness (QED) is 0.287. The third-order valence-electron chi connectivity index (χ3n) is 6.40. The van der Waals surface area contributed by atoms with Gasteiger partial charge in [0.2, 0.25) is 0 Å². The van der Waals surface area contributed by atoms with Crippen LogP contribution in [0.3, 0.4) is 0 Å². The molecule has 2 aromatic heterocycles. The second-order valence-corrected chi connectivity index (χ2v) is 10.3. The van der Waals surface area contributed by atoms with E-state index in [1.807, 2.05) is 42.5 Å². The van der Waals surface area contributed by atoms with Crippen LogP contribution in [0.15, 0.2) is 79.0 Å². The Bertz CT molecular complexity index is 1260. The first-order valence-corrected chi connectivity index (χ1v) is 12.9. The Morgan fingerprint density at radius 1 is 1.00 bits per heavy atom. The third kappa shape index (κ3) is 6.43. The fraction of sp³-hybridized carbons (Fsp3) is 0.321. The van der Waals surface area contributed by atoms with E-state index in [0.29, 0.717) is 11.4 Å². The Kier molecular flexibility index (Phi) is 7.55. The molecule has 0 spiro atoms. The molecule has 4 aromatic rings. The maximum Gasteiger partial charge on any atom is 0.393 e. The number of nitrogens with zero attached hydrogens (tertiary/aromatic N) is 2. The molecule has 2 unspecified atom stereocenters. The maximum atomic E-state index is 13.0. The van der Waals surface area contributed by atoms with E-state index in [-0.39, 0.29) is 17.0 Å². The number of likely N-dealkylation sites (tertiary alicyclic amines) is 1. The van der Waals surface area contributed by atoms with Crippen LogP contribution in [0.4, 0.5) is 18.9 Å². The second-order valence-electron chi connectivity index (χ2n) is 9.18. The summed E-state index contributed by atoms with van der Waals surface area (Å²) in [4.78, 5) is 7.60. The lowest BCUT2D eigenvalue weighted by molar-refractivity contribution is -0.126. The number of rotatable bonds is 8. The number of anilines is 1. The number of thiophene rings is 1. The number of nitrogens with one attached hydrogen (secondary N) is 1. The Labute approximate surface area is 212 Å². The highest BCUT2D eigenvalue weighted by Crippen LogP contribution is 2.34. The van der Waals surface area contributed by atoms with E-state index in [4.69, 9.17) is 4.74 Å². The average molecular weight is 512 g/mol. The highest BCUT2D eigenvalue weighted by atomic mass is 32.1. The zero-order valence-electron chi connectivity index (χ0n) is 19.7. The van der Waals surface area contributed by atoms with Crippen LogP contribution in [0.25, 0.3) is 10.2 Å². The molecule has 0 radical (unpaired) electrons. The van der Waals surface area contributed by atoms with Crippen molar-refractivity contribution in [3.05, 3.63) is 95.0 Å². The van der Waals surface area contributed by atoms with E-state index in [1.54, 1.807) is 12.3 Å². The summed E-state index contributed by atoms with van der Waals surface area (Å²) in [7, 11) is 0. The van der Waals surface area contributed by atoms with Crippen molar-refractivity contribution in [1.82, 2.24) is 9.88 Å². The van der Waals surface area contributed by atoms with Crippen molar-refractivity contribution in [1.29, 1.82) is 0 Å². The number of ether oxygens (including phenoxy) is 1. The summed E-state index contributed by atoms with van der Waals surface area (Å²) in [5.41, 5.74) is 3.17. The predicted octanol–water partition coefficient (Wildman–Crippen LogP) is 6.67. The van der Waals surface area contributed by atoms with E-state index in [9.17, 15) is 13.2 Å². The van der Waals surface area contributed by atoms with Crippen LogP contribution in [-0.4, -0.2) is 41.3 Å². The Balaban J connectivity index is 1.34. The number of hydrogen-bond acceptors (Lipinski definition) is 5. The van der Waals surface area contributed by atoms with Crippen LogP contribution in [-0.2, 0) is 24.3 Å². The molecule has 0 aliphatic carbocycles. The fourth-order valence-corrected chi connectivity index (χ4v) is 5.73. The molecule has 8 heteroatoms. The van der Waals surface area contributed by atoms with E-state index in [0.717, 1.165) is 54.0 Å². The zero-order chi connectivity index (χ0) is 25.0. The molecule has 1 aliphatic rings. The number of benzene rings is 2. The number of aromatic nitrogens is 1. The molecule has 188 valence electrons. The summed E-state index contributed by atoms with van der Waals surface area (Å²) in [5, 5.41) is 4.34. The largest absolute Gasteiger partial charge is 0.393 e. The first kappa shape index (κ1) is 24.7. The van der Waals surface area contributed by atoms with Gasteiger partial charge in [0.15, 0.2) is 0 Å². The normalized spacial score (nSPS) is 19.0. The van der Waals surface area contributed by atoms with Crippen LogP contribution in [0.5, 0.6) is 0 Å². The molecule has 36 heavy (non-hydrogen) atoms. The first-order chi connectivity index (χ1) is 17.4. The summed E-state index contributed by atoms with van der Waals surface area (Å²) in [5.74, 6) is 0. The number of alkyl halides is 3. The fourth-order valence-electron chi connectivity index (χ4n) is 4.68. The van der Waals surface area contributed by atoms with Gasteiger partial charge in [-0.05, 0) is 29.7 Å². The summed E-state index contributed by atoms with van der Waals surface area (Å²) < 4.78 is 45.3. The van der Waals surface area contributed by atoms with E-state index in [2.05, 4.69) is 39.5 Å². The van der Waals surface area contributed by atoms with Crippen LogP contribution < -0.4 is 5.32 Å². The number of piperidine rings is 1. The Morgan fingerprint density at radius 3 is 2.44 bits per heavy atom. The van der Waals surface area contributed by atoms with Gasteiger partial charge >= 0.3 is 6.18 Å². The standard InChI is InChI=1S/C28H28F3N3OS/c29-28(30,31)16-22-15-23-24(11-13-32-27(23)36-22)33-25-12-14-34(17-20-7-3-1-4-8-20)18-26(25)35-19-21-9-5-2-6-10-21/h1-11,13,15,25-26H,12,14,16-19H2,(H,32,33). The molecule has 2 aromatic carbocycles. The lowest BCUT2D eigenvalue weighted by atomic mass is 10.00. The number of pyridine rings is 1. The minimum atomic E-state index is -4.24. The van der Waals surface area contributed by atoms with Crippen molar-refractivity contribution >= 4 is 27.2 Å². The van der Waals surface area contributed by atoms with Gasteiger partial charge in [0.25, 0.3) is 0 Å². The minimum absolute atomic E-state index is 0.0253. The summed E-state index contributed by atoms with van der Waals surface area (Å²) in [6, 6.07) is 24.0. The molecule has 1 fully saturated rings. The SMILES string of the molecule is FC(F)(F)Cc1cc2c(NC3CCN(Cc4ccccc4)CC3OCc3ccccc3)ccnc2s1. The minimum Gasteiger partial charge on any atom is -0.379 e. The van der Waals surface area contributed by atoms with Gasteiger partial charge in [-0.15, -0.1) is 11.3 Å². The monoisotopic (exact) mass is 511 g/mol. The van der Waals surface area contributed by atoms with Crippen molar-refractivity contribution in [2.24, 2.45) is 0 Å². The average Bonchev–Trinajstić information content (AvgIpc) is 3.27. The maximum absolute atomic E-state index is 13.0. The van der Waals surface area contributed by atoms with Crippen molar-refractivity contribution < 1.29 is 17.9 Å². The van der Waals surface area contributed by atoms with Gasteiger partial charge in [-0.1, -0.05) is 60.7 Å². The van der Waals surface area contributed by atoms with Gasteiger partial charge in [0, 0.05) is 41.8 Å². The molecular formula is C28H28F3N3OS. The van der Waals surface area contributed by atoms with Crippen LogP contribution in [0.2, 0.25) is 0 Å². The molecule has 5 rings (SSSR count). The van der Waals surface area contributed by atoms with Crippen LogP contribution in [0.1, 0.15) is 22.4 Å².